The molecule has 72 valence electrons. The number of hydrogen-bond acceptors (Lipinski definition) is 4. The van der Waals surface area contributed by atoms with Crippen molar-refractivity contribution >= 4 is 11.4 Å². The van der Waals surface area contributed by atoms with Crippen LogP contribution in [0.4, 0.5) is 11.4 Å². The molecule has 3 N–H and O–H groups in total. The normalized spacial score (nSPS) is 13.5. The molecule has 0 heterocycles. The van der Waals surface area contributed by atoms with Gasteiger partial charge in [-0.2, -0.15) is 0 Å². The van der Waals surface area contributed by atoms with E-state index in [1.165, 1.54) is 0 Å². The van der Waals surface area contributed by atoms with E-state index in [0.29, 0.717) is 5.92 Å². The van der Waals surface area contributed by atoms with Crippen LogP contribution in [-0.2, 0) is 0 Å². The molecule has 0 unspecified atom stereocenters. The zero-order chi connectivity index (χ0) is 10.2. The molecule has 0 aliphatic carbocycles. The average Bonchev–Trinajstić information content (AvgIpc) is 2.11. The summed E-state index contributed by atoms with van der Waals surface area (Å²) in [5, 5.41) is 2.93. The van der Waals surface area contributed by atoms with Gasteiger partial charge in [-0.15, -0.1) is 0 Å². The minimum atomic E-state index is -0.571. The van der Waals surface area contributed by atoms with E-state index in [9.17, 15) is 9.59 Å². The molecule has 1 aromatic rings. The Morgan fingerprint density at radius 2 is 1.69 bits per heavy atom. The summed E-state index contributed by atoms with van der Waals surface area (Å²) >= 11 is 0. The van der Waals surface area contributed by atoms with E-state index in [1.54, 1.807) is 0 Å². The standard InChI is InChI=1S/C9H14N2O2/c1-4(2)5(3)11-7-6(10)8(12)9(7)13/h4-5,11H,10H2,1-3H3/t5-/m0/s1. The predicted molar refractivity (Wildman–Crippen MR) is 53.7 cm³/mol. The summed E-state index contributed by atoms with van der Waals surface area (Å²) in [6, 6.07) is 0.144. The first-order valence-corrected chi connectivity index (χ1v) is 4.30. The van der Waals surface area contributed by atoms with Gasteiger partial charge in [-0.05, 0) is 12.8 Å². The van der Waals surface area contributed by atoms with Crippen molar-refractivity contribution in [2.75, 3.05) is 11.1 Å². The van der Waals surface area contributed by atoms with E-state index in [1.807, 2.05) is 20.8 Å². The summed E-state index contributed by atoms with van der Waals surface area (Å²) in [5.41, 5.74) is 4.64. The van der Waals surface area contributed by atoms with Crippen LogP contribution in [0.2, 0.25) is 0 Å². The van der Waals surface area contributed by atoms with E-state index in [0.717, 1.165) is 0 Å². The lowest BCUT2D eigenvalue weighted by Crippen LogP contribution is -2.39. The molecular weight excluding hydrogens is 168 g/mol. The van der Waals surface area contributed by atoms with E-state index < -0.39 is 10.9 Å². The zero-order valence-electron chi connectivity index (χ0n) is 8.05. The molecule has 0 spiro atoms. The monoisotopic (exact) mass is 182 g/mol. The van der Waals surface area contributed by atoms with E-state index >= 15 is 0 Å². The maximum absolute atomic E-state index is 11.0. The Balaban J connectivity index is 2.78. The maximum Gasteiger partial charge on any atom is 0.253 e. The van der Waals surface area contributed by atoms with Gasteiger partial charge < -0.3 is 11.1 Å². The highest BCUT2D eigenvalue weighted by molar-refractivity contribution is 5.71. The zero-order valence-corrected chi connectivity index (χ0v) is 8.05. The van der Waals surface area contributed by atoms with Gasteiger partial charge in [0.2, 0.25) is 0 Å². The van der Waals surface area contributed by atoms with E-state index in [-0.39, 0.29) is 17.4 Å². The van der Waals surface area contributed by atoms with Gasteiger partial charge in [0.25, 0.3) is 10.9 Å². The molecule has 0 aromatic heterocycles. The summed E-state index contributed by atoms with van der Waals surface area (Å²) in [6.45, 7) is 6.00. The highest BCUT2D eigenvalue weighted by Crippen LogP contribution is 2.13. The van der Waals surface area contributed by atoms with Crippen LogP contribution >= 0.6 is 0 Å². The Morgan fingerprint density at radius 1 is 1.15 bits per heavy atom. The predicted octanol–water partition coefficient (Wildman–Crippen LogP) is 0.321. The molecule has 0 saturated heterocycles. The number of hydrogen-bond donors (Lipinski definition) is 2. The second-order valence-corrected chi connectivity index (χ2v) is 3.62. The Kier molecular flexibility index (Phi) is 2.40. The topological polar surface area (TPSA) is 72.2 Å². The second kappa shape index (κ2) is 3.20. The summed E-state index contributed by atoms with van der Waals surface area (Å²) < 4.78 is 0. The van der Waals surface area contributed by atoms with Gasteiger partial charge in [0.1, 0.15) is 11.4 Å². The minimum Gasteiger partial charge on any atom is -0.394 e. The van der Waals surface area contributed by atoms with Crippen molar-refractivity contribution in [3.63, 3.8) is 0 Å². The van der Waals surface area contributed by atoms with Crippen molar-refractivity contribution in [3.05, 3.63) is 20.4 Å². The highest BCUT2D eigenvalue weighted by Gasteiger charge is 2.19. The van der Waals surface area contributed by atoms with Crippen LogP contribution in [0.3, 0.4) is 0 Å². The minimum absolute atomic E-state index is 0.0671. The van der Waals surface area contributed by atoms with E-state index in [4.69, 9.17) is 5.73 Å². The van der Waals surface area contributed by atoms with Crippen molar-refractivity contribution in [2.24, 2.45) is 5.92 Å². The van der Waals surface area contributed by atoms with Crippen LogP contribution in [0.5, 0.6) is 0 Å². The SMILES string of the molecule is CC(C)[C@H](C)Nc1c(N)c(=O)c1=O. The van der Waals surface area contributed by atoms with Crippen molar-refractivity contribution in [1.29, 1.82) is 0 Å². The molecule has 0 aliphatic rings. The molecule has 0 fully saturated rings. The summed E-state index contributed by atoms with van der Waals surface area (Å²) in [6.07, 6.45) is 0. The molecule has 0 bridgehead atoms. The number of nitrogens with two attached hydrogens (primary N) is 1. The van der Waals surface area contributed by atoms with Crippen LogP contribution in [-0.4, -0.2) is 6.04 Å². The van der Waals surface area contributed by atoms with Crippen LogP contribution < -0.4 is 21.9 Å². The molecule has 4 heteroatoms. The lowest BCUT2D eigenvalue weighted by atomic mass is 10.1. The molecular formula is C9H14N2O2. The summed E-state index contributed by atoms with van der Waals surface area (Å²) in [4.78, 5) is 21.7. The molecule has 0 saturated carbocycles. The fourth-order valence-corrected chi connectivity index (χ4v) is 0.947. The van der Waals surface area contributed by atoms with Gasteiger partial charge >= 0.3 is 0 Å². The molecule has 0 radical (unpaired) electrons. The largest absolute Gasteiger partial charge is 0.394 e. The van der Waals surface area contributed by atoms with Gasteiger partial charge in [-0.25, -0.2) is 0 Å². The number of rotatable bonds is 3. The van der Waals surface area contributed by atoms with Crippen molar-refractivity contribution in [2.45, 2.75) is 26.8 Å². The summed E-state index contributed by atoms with van der Waals surface area (Å²) in [5.74, 6) is 0.392. The first-order valence-electron chi connectivity index (χ1n) is 4.30. The average molecular weight is 182 g/mol. The molecule has 0 amide bonds. The quantitative estimate of drug-likeness (QED) is 0.660. The second-order valence-electron chi connectivity index (χ2n) is 3.62. The van der Waals surface area contributed by atoms with Crippen LogP contribution in [0, 0.1) is 5.92 Å². The third-order valence-electron chi connectivity index (χ3n) is 2.32. The first kappa shape index (κ1) is 9.77. The fourth-order valence-electron chi connectivity index (χ4n) is 0.947. The molecule has 0 aliphatic heterocycles. The summed E-state index contributed by atoms with van der Waals surface area (Å²) in [7, 11) is 0. The fraction of sp³-hybridized carbons (Fsp3) is 0.556. The number of nitrogens with one attached hydrogen (secondary N) is 1. The Bertz CT molecular complexity index is 375. The van der Waals surface area contributed by atoms with Gasteiger partial charge in [-0.3, -0.25) is 9.59 Å². The first-order chi connectivity index (χ1) is 5.95. The van der Waals surface area contributed by atoms with Gasteiger partial charge in [0.05, 0.1) is 0 Å². The number of nitrogen functional groups attached to an aromatic ring is 1. The van der Waals surface area contributed by atoms with Gasteiger partial charge in [0.15, 0.2) is 0 Å². The van der Waals surface area contributed by atoms with Crippen LogP contribution in [0.25, 0.3) is 0 Å². The molecule has 1 rings (SSSR count). The lowest BCUT2D eigenvalue weighted by Gasteiger charge is -2.19. The molecule has 13 heavy (non-hydrogen) atoms. The highest BCUT2D eigenvalue weighted by atomic mass is 16.2. The van der Waals surface area contributed by atoms with Crippen molar-refractivity contribution < 1.29 is 0 Å². The van der Waals surface area contributed by atoms with Crippen molar-refractivity contribution in [3.8, 4) is 0 Å². The Hall–Kier alpha value is -1.32. The third kappa shape index (κ3) is 1.56. The smallest absolute Gasteiger partial charge is 0.253 e. The number of anilines is 2. The maximum atomic E-state index is 11.0. The van der Waals surface area contributed by atoms with Gasteiger partial charge in [0, 0.05) is 6.04 Å². The van der Waals surface area contributed by atoms with Gasteiger partial charge in [-0.1, -0.05) is 13.8 Å². The van der Waals surface area contributed by atoms with Crippen LogP contribution in [0.1, 0.15) is 20.8 Å². The molecule has 1 atom stereocenters. The lowest BCUT2D eigenvalue weighted by molar-refractivity contribution is 0.559. The van der Waals surface area contributed by atoms with Crippen LogP contribution in [0.15, 0.2) is 9.59 Å². The third-order valence-corrected chi connectivity index (χ3v) is 2.32. The Labute approximate surface area is 76.4 Å². The van der Waals surface area contributed by atoms with E-state index in [2.05, 4.69) is 5.32 Å². The molecule has 1 aromatic carbocycles. The molecule has 4 nitrogen and oxygen atoms in total. The Morgan fingerprint density at radius 3 is 2.08 bits per heavy atom. The van der Waals surface area contributed by atoms with Crippen molar-refractivity contribution in [1.82, 2.24) is 0 Å².